The first kappa shape index (κ1) is 13.8. The molecule has 1 N–H and O–H groups in total. The van der Waals surface area contributed by atoms with Crippen LogP contribution >= 0.6 is 0 Å². The van der Waals surface area contributed by atoms with Crippen LogP contribution in [0.4, 0.5) is 0 Å². The molecule has 2 rings (SSSR count). The zero-order chi connectivity index (χ0) is 14.7. The number of aromatic nitrogens is 2. The number of aryl methyl sites for hydroxylation is 1. The molecule has 0 bridgehead atoms. The minimum Gasteiger partial charge on any atom is -0.476 e. The molecule has 20 heavy (non-hydrogen) atoms. The Morgan fingerprint density at radius 2 is 1.95 bits per heavy atom. The van der Waals surface area contributed by atoms with E-state index >= 15 is 0 Å². The molecule has 1 heterocycles. The smallest absolute Gasteiger partial charge is 0.360 e. The maximum atomic E-state index is 12.0. The van der Waals surface area contributed by atoms with E-state index in [1.807, 2.05) is 30.3 Å². The van der Waals surface area contributed by atoms with E-state index in [0.717, 1.165) is 10.3 Å². The summed E-state index contributed by atoms with van der Waals surface area (Å²) in [5, 5.41) is 8.96. The molecule has 2 aromatic rings. The van der Waals surface area contributed by atoms with Crippen LogP contribution in [0.25, 0.3) is 0 Å². The summed E-state index contributed by atoms with van der Waals surface area (Å²) < 4.78 is 0.985. The largest absolute Gasteiger partial charge is 0.476 e. The molecule has 0 aliphatic rings. The van der Waals surface area contributed by atoms with E-state index in [1.165, 1.54) is 0 Å². The fourth-order valence-electron chi connectivity index (χ4n) is 1.70. The van der Waals surface area contributed by atoms with Crippen LogP contribution in [-0.2, 0) is 6.61 Å². The van der Waals surface area contributed by atoms with Gasteiger partial charge < -0.3 is 9.94 Å². The van der Waals surface area contributed by atoms with Crippen LogP contribution in [0, 0.1) is 13.8 Å². The summed E-state index contributed by atoms with van der Waals surface area (Å²) in [5.74, 6) is -1.37. The van der Waals surface area contributed by atoms with E-state index in [-0.39, 0.29) is 6.61 Å². The van der Waals surface area contributed by atoms with E-state index in [9.17, 15) is 9.59 Å². The number of benzene rings is 1. The Balaban J connectivity index is 2.36. The van der Waals surface area contributed by atoms with Crippen molar-refractivity contribution in [1.82, 2.24) is 9.71 Å². The molecule has 0 saturated heterocycles. The van der Waals surface area contributed by atoms with E-state index < -0.39 is 17.2 Å². The van der Waals surface area contributed by atoms with Crippen molar-refractivity contribution in [3.63, 3.8) is 0 Å². The molecule has 0 radical (unpaired) electrons. The Hall–Kier alpha value is -2.63. The summed E-state index contributed by atoms with van der Waals surface area (Å²) in [6.07, 6.45) is 0. The molecule has 1 aromatic carbocycles. The third-order valence-corrected chi connectivity index (χ3v) is 2.90. The van der Waals surface area contributed by atoms with Gasteiger partial charge in [-0.2, -0.15) is 0 Å². The fraction of sp³-hybridized carbons (Fsp3) is 0.214. The average molecular weight is 274 g/mol. The molecule has 0 atom stereocenters. The normalized spacial score (nSPS) is 10.3. The predicted octanol–water partition coefficient (Wildman–Crippen LogP) is 1.19. The molecule has 0 fully saturated rings. The maximum Gasteiger partial charge on any atom is 0.360 e. The van der Waals surface area contributed by atoms with Crippen molar-refractivity contribution in [2.24, 2.45) is 0 Å². The van der Waals surface area contributed by atoms with Crippen LogP contribution in [0.1, 0.15) is 27.4 Å². The standard InChI is InChI=1S/C14H14N2O4/c1-9-10(2)16(13(17)12(15-9)14(18)19)20-8-11-6-4-3-5-7-11/h3-7H,8H2,1-2H3,(H,18,19). The van der Waals surface area contributed by atoms with E-state index in [0.29, 0.717) is 11.4 Å². The highest BCUT2D eigenvalue weighted by Gasteiger charge is 2.17. The summed E-state index contributed by atoms with van der Waals surface area (Å²) in [7, 11) is 0. The van der Waals surface area contributed by atoms with Crippen molar-refractivity contribution < 1.29 is 14.7 Å². The summed E-state index contributed by atoms with van der Waals surface area (Å²) in [5.41, 5.74) is 0.494. The van der Waals surface area contributed by atoms with Crippen molar-refractivity contribution in [2.45, 2.75) is 20.5 Å². The van der Waals surface area contributed by atoms with Gasteiger partial charge in [0.1, 0.15) is 6.61 Å². The summed E-state index contributed by atoms with van der Waals surface area (Å²) in [6, 6.07) is 9.29. The second-order valence-electron chi connectivity index (χ2n) is 4.29. The lowest BCUT2D eigenvalue weighted by atomic mass is 10.2. The van der Waals surface area contributed by atoms with Gasteiger partial charge in [0.05, 0.1) is 11.4 Å². The minimum absolute atomic E-state index is 0.171. The molecule has 0 amide bonds. The number of carboxylic acids is 1. The summed E-state index contributed by atoms with van der Waals surface area (Å²) in [6.45, 7) is 3.45. The first-order valence-electron chi connectivity index (χ1n) is 6.01. The number of hydrogen-bond donors (Lipinski definition) is 1. The number of carboxylic acid groups (broad SMARTS) is 1. The van der Waals surface area contributed by atoms with Crippen molar-refractivity contribution in [1.29, 1.82) is 0 Å². The third-order valence-electron chi connectivity index (χ3n) is 2.90. The minimum atomic E-state index is -1.37. The Bertz CT molecular complexity index is 692. The van der Waals surface area contributed by atoms with E-state index in [1.54, 1.807) is 13.8 Å². The van der Waals surface area contributed by atoms with Gasteiger partial charge in [-0.05, 0) is 19.4 Å². The van der Waals surface area contributed by atoms with E-state index in [4.69, 9.17) is 9.94 Å². The van der Waals surface area contributed by atoms with Crippen molar-refractivity contribution in [2.75, 3.05) is 0 Å². The van der Waals surface area contributed by atoms with Gasteiger partial charge in [0.2, 0.25) is 5.69 Å². The average Bonchev–Trinajstić information content (AvgIpc) is 2.43. The molecule has 0 unspecified atom stereocenters. The second kappa shape index (κ2) is 5.56. The van der Waals surface area contributed by atoms with Gasteiger partial charge in [0.15, 0.2) is 0 Å². The topological polar surface area (TPSA) is 81.4 Å². The van der Waals surface area contributed by atoms with Crippen molar-refractivity contribution >= 4 is 5.97 Å². The zero-order valence-electron chi connectivity index (χ0n) is 11.2. The Morgan fingerprint density at radius 3 is 2.55 bits per heavy atom. The summed E-state index contributed by atoms with van der Waals surface area (Å²) >= 11 is 0. The molecule has 104 valence electrons. The van der Waals surface area contributed by atoms with Crippen LogP contribution in [0.2, 0.25) is 0 Å². The van der Waals surface area contributed by atoms with Crippen LogP contribution in [0.5, 0.6) is 0 Å². The Morgan fingerprint density at radius 1 is 1.30 bits per heavy atom. The highest BCUT2D eigenvalue weighted by atomic mass is 16.7. The fourth-order valence-corrected chi connectivity index (χ4v) is 1.70. The molecule has 0 aliphatic heterocycles. The third kappa shape index (κ3) is 2.69. The lowest BCUT2D eigenvalue weighted by molar-refractivity contribution is 0.0648. The number of carbonyl (C=O) groups is 1. The Kier molecular flexibility index (Phi) is 3.84. The van der Waals surface area contributed by atoms with Gasteiger partial charge in [-0.15, -0.1) is 4.73 Å². The number of rotatable bonds is 4. The summed E-state index contributed by atoms with van der Waals surface area (Å²) in [4.78, 5) is 32.2. The predicted molar refractivity (Wildman–Crippen MR) is 71.7 cm³/mol. The van der Waals surface area contributed by atoms with Crippen LogP contribution < -0.4 is 10.4 Å². The molecular formula is C14H14N2O4. The Labute approximate surface area is 115 Å². The highest BCUT2D eigenvalue weighted by molar-refractivity contribution is 5.84. The van der Waals surface area contributed by atoms with Crippen LogP contribution in [0.3, 0.4) is 0 Å². The van der Waals surface area contributed by atoms with Gasteiger partial charge in [-0.25, -0.2) is 9.78 Å². The number of hydrogen-bond acceptors (Lipinski definition) is 4. The van der Waals surface area contributed by atoms with Crippen LogP contribution in [-0.4, -0.2) is 20.8 Å². The van der Waals surface area contributed by atoms with Gasteiger partial charge >= 0.3 is 11.5 Å². The quantitative estimate of drug-likeness (QED) is 0.905. The SMILES string of the molecule is Cc1nc(C(=O)O)c(=O)n(OCc2ccccc2)c1C. The lowest BCUT2D eigenvalue weighted by Crippen LogP contribution is -2.35. The zero-order valence-corrected chi connectivity index (χ0v) is 11.2. The monoisotopic (exact) mass is 274 g/mol. The molecule has 0 spiro atoms. The first-order valence-corrected chi connectivity index (χ1v) is 6.01. The molecule has 1 aromatic heterocycles. The molecule has 6 nitrogen and oxygen atoms in total. The van der Waals surface area contributed by atoms with Crippen LogP contribution in [0.15, 0.2) is 35.1 Å². The van der Waals surface area contributed by atoms with Gasteiger partial charge in [-0.1, -0.05) is 30.3 Å². The lowest BCUT2D eigenvalue weighted by Gasteiger charge is -2.13. The van der Waals surface area contributed by atoms with Gasteiger partial charge in [0.25, 0.3) is 0 Å². The number of aromatic carboxylic acids is 1. The number of nitrogens with zero attached hydrogens (tertiary/aromatic N) is 2. The van der Waals surface area contributed by atoms with Gasteiger partial charge in [-0.3, -0.25) is 4.79 Å². The highest BCUT2D eigenvalue weighted by Crippen LogP contribution is 2.03. The molecule has 0 aliphatic carbocycles. The first-order chi connectivity index (χ1) is 9.50. The van der Waals surface area contributed by atoms with Gasteiger partial charge in [0, 0.05) is 0 Å². The second-order valence-corrected chi connectivity index (χ2v) is 4.29. The van der Waals surface area contributed by atoms with Crippen molar-refractivity contribution in [3.8, 4) is 0 Å². The maximum absolute atomic E-state index is 12.0. The molecule has 0 saturated carbocycles. The van der Waals surface area contributed by atoms with Crippen molar-refractivity contribution in [3.05, 3.63) is 63.3 Å². The van der Waals surface area contributed by atoms with E-state index in [2.05, 4.69) is 4.98 Å². The molecule has 6 heteroatoms. The molecular weight excluding hydrogens is 260 g/mol.